The molecule has 0 fully saturated rings. The first-order chi connectivity index (χ1) is 12.3. The fourth-order valence-corrected chi connectivity index (χ4v) is 11.1. The van der Waals surface area contributed by atoms with Gasteiger partial charge >= 0.3 is 157 Å². The normalized spacial score (nSPS) is 14.4. The molecule has 140 valence electrons. The topological polar surface area (TPSA) is 29.5 Å². The molecule has 0 bridgehead atoms. The average molecular weight is 481 g/mol. The first-order valence-electron chi connectivity index (χ1n) is 8.82. The van der Waals surface area contributed by atoms with Crippen molar-refractivity contribution in [1.82, 2.24) is 0 Å². The molecule has 2 aromatic rings. The molecule has 0 radical (unpaired) electrons. The molecule has 1 N–H and O–H groups in total. The molecule has 0 atom stereocenters. The predicted octanol–water partition coefficient (Wildman–Crippen LogP) is -1.61. The number of benzene rings is 2. The fraction of sp³-hybridized carbons (Fsp3) is 0.227. The fourth-order valence-electron chi connectivity index (χ4n) is 3.99. The monoisotopic (exact) mass is 478 g/mol. The standard InChI is InChI=1S/C13H9.C7H9O2.C2H4.2ClH.Zr/c1-3-7-12-10(5-1)9-11-6-2-4-8-13(11)12;8-5-6-9-7-3-1-2-4-7;1-2;;;/h1-9H;3-4,8H,1,5-6H2;1H,2H3;2*1H;/q;;;;;+2/p-2. The summed E-state index contributed by atoms with van der Waals surface area (Å²) in [6.07, 6.45) is 5.41. The quantitative estimate of drug-likeness (QED) is 0.558. The number of allylic oxidation sites excluding steroid dienone is 3. The van der Waals surface area contributed by atoms with Gasteiger partial charge in [-0.2, -0.15) is 0 Å². The molecule has 0 aliphatic heterocycles. The van der Waals surface area contributed by atoms with Gasteiger partial charge in [0.25, 0.3) is 0 Å². The molecule has 0 unspecified atom stereocenters. The minimum atomic E-state index is -2.02. The summed E-state index contributed by atoms with van der Waals surface area (Å²) in [5, 5.41) is 8.97. The van der Waals surface area contributed by atoms with Crippen LogP contribution in [0.3, 0.4) is 0 Å². The van der Waals surface area contributed by atoms with E-state index in [0.717, 1.165) is 12.2 Å². The molecule has 0 spiro atoms. The van der Waals surface area contributed by atoms with E-state index in [-0.39, 0.29) is 31.4 Å². The van der Waals surface area contributed by atoms with Crippen molar-refractivity contribution in [3.05, 3.63) is 80.9 Å². The Hall–Kier alpha value is -0.987. The van der Waals surface area contributed by atoms with E-state index in [4.69, 9.17) is 9.84 Å². The number of halogens is 2. The molecule has 0 saturated carbocycles. The Labute approximate surface area is 180 Å². The van der Waals surface area contributed by atoms with Gasteiger partial charge in [0.15, 0.2) is 0 Å². The zero-order chi connectivity index (χ0) is 17.2. The van der Waals surface area contributed by atoms with Gasteiger partial charge in [-0.25, -0.2) is 0 Å². The Morgan fingerprint density at radius 3 is 2.19 bits per heavy atom. The van der Waals surface area contributed by atoms with Crippen molar-refractivity contribution < 1.29 is 55.9 Å². The molecule has 0 amide bonds. The van der Waals surface area contributed by atoms with Gasteiger partial charge in [-0.3, -0.25) is 0 Å². The smallest absolute Gasteiger partial charge is 1.00 e. The number of aliphatic hydroxyl groups excluding tert-OH is 1. The molecular formula is C22H22Cl2O2Zr. The summed E-state index contributed by atoms with van der Waals surface area (Å²) >= 11 is -2.02. The SMILES string of the molecule is C[CH]=[Zr+2]([C]1=CC(OCCO)=CC1)[CH]1c2ccccc2-c2ccccc21.[Cl-].[Cl-]. The number of hydrogen-bond acceptors (Lipinski definition) is 2. The molecule has 0 saturated heterocycles. The number of hydrogen-bond donors (Lipinski definition) is 1. The molecule has 4 rings (SSSR count). The van der Waals surface area contributed by atoms with Crippen LogP contribution in [-0.4, -0.2) is 22.0 Å². The maximum Gasteiger partial charge on any atom is -1.00 e. The molecule has 0 heterocycles. The molecule has 27 heavy (non-hydrogen) atoms. The van der Waals surface area contributed by atoms with Gasteiger partial charge in [0, 0.05) is 0 Å². The van der Waals surface area contributed by atoms with Crippen molar-refractivity contribution in [3.8, 4) is 11.1 Å². The van der Waals surface area contributed by atoms with Crippen LogP contribution in [0.4, 0.5) is 0 Å². The number of ether oxygens (including phenoxy) is 1. The van der Waals surface area contributed by atoms with Crippen LogP contribution in [0.15, 0.2) is 69.7 Å². The van der Waals surface area contributed by atoms with Crippen molar-refractivity contribution in [2.45, 2.75) is 17.0 Å². The van der Waals surface area contributed by atoms with Crippen LogP contribution in [0.2, 0.25) is 0 Å². The van der Waals surface area contributed by atoms with Crippen molar-refractivity contribution in [1.29, 1.82) is 0 Å². The third-order valence-electron chi connectivity index (χ3n) is 5.03. The summed E-state index contributed by atoms with van der Waals surface area (Å²) < 4.78 is 10.3. The molecule has 2 aliphatic carbocycles. The van der Waals surface area contributed by atoms with Gasteiger partial charge in [0.1, 0.15) is 0 Å². The van der Waals surface area contributed by atoms with E-state index >= 15 is 0 Å². The van der Waals surface area contributed by atoms with Crippen molar-refractivity contribution in [3.63, 3.8) is 0 Å². The minimum Gasteiger partial charge on any atom is -1.00 e. The van der Waals surface area contributed by atoms with Gasteiger partial charge in [-0.1, -0.05) is 0 Å². The number of fused-ring (bicyclic) bond motifs is 3. The molecule has 0 aromatic heterocycles. The second-order valence-electron chi connectivity index (χ2n) is 6.40. The Morgan fingerprint density at radius 1 is 1.04 bits per heavy atom. The Kier molecular flexibility index (Phi) is 8.25. The van der Waals surface area contributed by atoms with Gasteiger partial charge in [0.05, 0.1) is 0 Å². The summed E-state index contributed by atoms with van der Waals surface area (Å²) in [5.74, 6) is 0.934. The van der Waals surface area contributed by atoms with Crippen LogP contribution in [0.5, 0.6) is 0 Å². The molecule has 2 nitrogen and oxygen atoms in total. The summed E-state index contributed by atoms with van der Waals surface area (Å²) in [4.78, 5) is 0. The molecule has 2 aliphatic rings. The third kappa shape index (κ3) is 4.22. The van der Waals surface area contributed by atoms with Crippen LogP contribution in [0.25, 0.3) is 11.1 Å². The molecule has 5 heteroatoms. The van der Waals surface area contributed by atoms with E-state index in [0.29, 0.717) is 10.2 Å². The first kappa shape index (κ1) is 22.3. The van der Waals surface area contributed by atoms with E-state index in [9.17, 15) is 0 Å². The van der Waals surface area contributed by atoms with Gasteiger partial charge in [-0.15, -0.1) is 0 Å². The number of rotatable bonds is 5. The zero-order valence-corrected chi connectivity index (χ0v) is 19.1. The van der Waals surface area contributed by atoms with Crippen LogP contribution in [0.1, 0.15) is 28.1 Å². The van der Waals surface area contributed by atoms with Crippen molar-refractivity contribution >= 4 is 3.71 Å². The Morgan fingerprint density at radius 2 is 1.63 bits per heavy atom. The van der Waals surface area contributed by atoms with E-state index in [1.807, 2.05) is 0 Å². The van der Waals surface area contributed by atoms with Crippen LogP contribution in [-0.2, 0) is 26.0 Å². The molecular weight excluding hydrogens is 458 g/mol. The Balaban J connectivity index is 0.00000131. The van der Waals surface area contributed by atoms with E-state index in [1.165, 1.54) is 22.3 Å². The van der Waals surface area contributed by atoms with E-state index in [1.54, 1.807) is 3.28 Å². The maximum atomic E-state index is 8.97. The van der Waals surface area contributed by atoms with Crippen LogP contribution in [0, 0.1) is 0 Å². The average Bonchev–Trinajstić information content (AvgIpc) is 3.25. The second kappa shape index (κ2) is 9.98. The summed E-state index contributed by atoms with van der Waals surface area (Å²) in [7, 11) is 0. The Bertz CT molecular complexity index is 857. The second-order valence-corrected chi connectivity index (χ2v) is 13.1. The van der Waals surface area contributed by atoms with E-state index < -0.39 is 21.3 Å². The van der Waals surface area contributed by atoms with Gasteiger partial charge in [0.2, 0.25) is 0 Å². The summed E-state index contributed by atoms with van der Waals surface area (Å²) in [6.45, 7) is 2.68. The van der Waals surface area contributed by atoms with Gasteiger partial charge in [-0.05, 0) is 0 Å². The predicted molar refractivity (Wildman–Crippen MR) is 99.3 cm³/mol. The largest absolute Gasteiger partial charge is 1.00 e. The minimum absolute atomic E-state index is 0. The van der Waals surface area contributed by atoms with Crippen LogP contribution >= 0.6 is 0 Å². The maximum absolute atomic E-state index is 8.97. The summed E-state index contributed by atoms with van der Waals surface area (Å²) in [6, 6.07) is 17.8. The summed E-state index contributed by atoms with van der Waals surface area (Å²) in [5.41, 5.74) is 5.82. The van der Waals surface area contributed by atoms with Crippen molar-refractivity contribution in [2.75, 3.05) is 13.2 Å². The van der Waals surface area contributed by atoms with Crippen molar-refractivity contribution in [2.24, 2.45) is 0 Å². The number of aliphatic hydroxyl groups is 1. The molecule has 2 aromatic carbocycles. The van der Waals surface area contributed by atoms with E-state index in [2.05, 4.69) is 71.3 Å². The third-order valence-corrected chi connectivity index (χ3v) is 12.3. The van der Waals surface area contributed by atoms with Crippen LogP contribution < -0.4 is 24.8 Å². The zero-order valence-electron chi connectivity index (χ0n) is 15.2. The van der Waals surface area contributed by atoms with Gasteiger partial charge < -0.3 is 24.8 Å². The first-order valence-corrected chi connectivity index (χ1v) is 12.9.